The minimum Gasteiger partial charge on any atom is -0.361 e. The normalized spacial score (nSPS) is 11.5. The van der Waals surface area contributed by atoms with Gasteiger partial charge in [0, 0.05) is 25.1 Å². The van der Waals surface area contributed by atoms with Crippen LogP contribution in [0.2, 0.25) is 0 Å². The molecule has 0 atom stereocenters. The Morgan fingerprint density at radius 2 is 2.12 bits per heavy atom. The largest absolute Gasteiger partial charge is 0.361 e. The molecule has 1 aromatic heterocycles. The zero-order valence-corrected chi connectivity index (χ0v) is 11.1. The Morgan fingerprint density at radius 1 is 1.41 bits per heavy atom. The van der Waals surface area contributed by atoms with E-state index in [4.69, 9.17) is 9.78 Å². The SMILES string of the molecule is Cc1noc(C)c1CNCC(C)(C)CCC#N. The van der Waals surface area contributed by atoms with E-state index in [9.17, 15) is 0 Å². The van der Waals surface area contributed by atoms with Crippen LogP contribution in [-0.2, 0) is 6.54 Å². The molecule has 1 aromatic rings. The van der Waals surface area contributed by atoms with Gasteiger partial charge < -0.3 is 9.84 Å². The molecule has 0 fully saturated rings. The lowest BCUT2D eigenvalue weighted by molar-refractivity contribution is 0.317. The summed E-state index contributed by atoms with van der Waals surface area (Å²) in [5.74, 6) is 0.879. The molecule has 0 radical (unpaired) electrons. The van der Waals surface area contributed by atoms with Gasteiger partial charge in [0.2, 0.25) is 0 Å². The summed E-state index contributed by atoms with van der Waals surface area (Å²) < 4.78 is 5.11. The van der Waals surface area contributed by atoms with Crippen molar-refractivity contribution in [3.8, 4) is 6.07 Å². The molecule has 0 unspecified atom stereocenters. The Bertz CT molecular complexity index is 382. The van der Waals surface area contributed by atoms with Crippen LogP contribution in [0.3, 0.4) is 0 Å². The van der Waals surface area contributed by atoms with Crippen molar-refractivity contribution >= 4 is 0 Å². The highest BCUT2D eigenvalue weighted by Gasteiger charge is 2.17. The van der Waals surface area contributed by atoms with E-state index in [1.165, 1.54) is 0 Å². The minimum atomic E-state index is 0.148. The van der Waals surface area contributed by atoms with Gasteiger partial charge in [-0.3, -0.25) is 0 Å². The van der Waals surface area contributed by atoms with Crippen LogP contribution in [0.1, 0.15) is 43.7 Å². The zero-order chi connectivity index (χ0) is 12.9. The van der Waals surface area contributed by atoms with Crippen LogP contribution in [-0.4, -0.2) is 11.7 Å². The molecule has 4 heteroatoms. The highest BCUT2D eigenvalue weighted by Crippen LogP contribution is 2.21. The first-order chi connectivity index (χ1) is 7.96. The molecule has 0 aromatic carbocycles. The average Bonchev–Trinajstić information content (AvgIpc) is 2.58. The van der Waals surface area contributed by atoms with Crippen molar-refractivity contribution in [3.05, 3.63) is 17.0 Å². The Labute approximate surface area is 103 Å². The molecule has 0 aliphatic rings. The van der Waals surface area contributed by atoms with Crippen LogP contribution in [0.15, 0.2) is 4.52 Å². The van der Waals surface area contributed by atoms with E-state index in [0.29, 0.717) is 6.42 Å². The number of hydrogen-bond acceptors (Lipinski definition) is 4. The molecule has 0 saturated carbocycles. The number of aryl methyl sites for hydroxylation is 2. The van der Waals surface area contributed by atoms with Crippen molar-refractivity contribution in [3.63, 3.8) is 0 Å². The van der Waals surface area contributed by atoms with Crippen LogP contribution >= 0.6 is 0 Å². The second kappa shape index (κ2) is 5.83. The maximum absolute atomic E-state index is 8.59. The number of nitrogens with one attached hydrogen (secondary N) is 1. The molecule has 0 amide bonds. The first-order valence-electron chi connectivity index (χ1n) is 5.96. The van der Waals surface area contributed by atoms with Gasteiger partial charge in [0.1, 0.15) is 5.76 Å². The summed E-state index contributed by atoms with van der Waals surface area (Å²) in [5.41, 5.74) is 2.24. The van der Waals surface area contributed by atoms with Crippen LogP contribution in [0.5, 0.6) is 0 Å². The quantitative estimate of drug-likeness (QED) is 0.823. The standard InChI is InChI=1S/C13H21N3O/c1-10-12(11(2)17-16-10)8-15-9-13(3,4)6-5-7-14/h15H,5-6,8-9H2,1-4H3. The molecular formula is C13H21N3O. The maximum atomic E-state index is 8.59. The molecule has 1 rings (SSSR count). The number of nitrogens with zero attached hydrogens (tertiary/aromatic N) is 2. The highest BCUT2D eigenvalue weighted by molar-refractivity contribution is 5.20. The van der Waals surface area contributed by atoms with E-state index in [1.54, 1.807) is 0 Å². The summed E-state index contributed by atoms with van der Waals surface area (Å²) in [4.78, 5) is 0. The number of nitriles is 1. The average molecular weight is 235 g/mol. The monoisotopic (exact) mass is 235 g/mol. The van der Waals surface area contributed by atoms with Crippen LogP contribution in [0, 0.1) is 30.6 Å². The fourth-order valence-corrected chi connectivity index (χ4v) is 1.76. The van der Waals surface area contributed by atoms with E-state index >= 15 is 0 Å². The van der Waals surface area contributed by atoms with Crippen molar-refractivity contribution in [1.29, 1.82) is 5.26 Å². The molecule has 4 nitrogen and oxygen atoms in total. The smallest absolute Gasteiger partial charge is 0.138 e. The summed E-state index contributed by atoms with van der Waals surface area (Å²) in [7, 11) is 0. The zero-order valence-electron chi connectivity index (χ0n) is 11.1. The van der Waals surface area contributed by atoms with Gasteiger partial charge in [-0.1, -0.05) is 19.0 Å². The second-order valence-electron chi connectivity index (χ2n) is 5.23. The van der Waals surface area contributed by atoms with Gasteiger partial charge >= 0.3 is 0 Å². The van der Waals surface area contributed by atoms with Gasteiger partial charge in [0.15, 0.2) is 0 Å². The summed E-state index contributed by atoms with van der Waals surface area (Å²) in [6.07, 6.45) is 1.53. The predicted molar refractivity (Wildman–Crippen MR) is 66.3 cm³/mol. The van der Waals surface area contributed by atoms with Crippen molar-refractivity contribution in [2.75, 3.05) is 6.54 Å². The van der Waals surface area contributed by atoms with E-state index in [0.717, 1.165) is 36.5 Å². The summed E-state index contributed by atoms with van der Waals surface area (Å²) in [6.45, 7) is 9.89. The van der Waals surface area contributed by atoms with Crippen LogP contribution in [0.4, 0.5) is 0 Å². The van der Waals surface area contributed by atoms with Gasteiger partial charge in [-0.25, -0.2) is 0 Å². The van der Waals surface area contributed by atoms with E-state index in [-0.39, 0.29) is 5.41 Å². The molecule has 0 saturated heterocycles. The molecule has 17 heavy (non-hydrogen) atoms. The van der Waals surface area contributed by atoms with Gasteiger partial charge in [-0.2, -0.15) is 5.26 Å². The van der Waals surface area contributed by atoms with Gasteiger partial charge in [-0.05, 0) is 25.7 Å². The molecule has 0 aliphatic heterocycles. The molecule has 94 valence electrons. The Morgan fingerprint density at radius 3 is 2.65 bits per heavy atom. The number of aromatic nitrogens is 1. The number of hydrogen-bond donors (Lipinski definition) is 1. The van der Waals surface area contributed by atoms with Gasteiger partial charge in [-0.15, -0.1) is 0 Å². The third-order valence-electron chi connectivity index (χ3n) is 3.00. The topological polar surface area (TPSA) is 61.9 Å². The summed E-state index contributed by atoms with van der Waals surface area (Å²) >= 11 is 0. The number of rotatable bonds is 6. The third kappa shape index (κ3) is 4.20. The molecule has 1 N–H and O–H groups in total. The van der Waals surface area contributed by atoms with Gasteiger partial charge in [0.05, 0.1) is 11.8 Å². The molecular weight excluding hydrogens is 214 g/mol. The lowest BCUT2D eigenvalue weighted by atomic mass is 9.88. The Balaban J connectivity index is 2.40. The third-order valence-corrected chi connectivity index (χ3v) is 3.00. The van der Waals surface area contributed by atoms with Crippen molar-refractivity contribution in [1.82, 2.24) is 10.5 Å². The lowest BCUT2D eigenvalue weighted by Crippen LogP contribution is -2.29. The molecule has 0 aliphatic carbocycles. The molecule has 0 bridgehead atoms. The van der Waals surface area contributed by atoms with E-state index in [1.807, 2.05) is 13.8 Å². The Hall–Kier alpha value is -1.34. The summed E-state index contributed by atoms with van der Waals surface area (Å²) in [5, 5.41) is 15.9. The first-order valence-corrected chi connectivity index (χ1v) is 5.96. The van der Waals surface area contributed by atoms with Crippen LogP contribution < -0.4 is 5.32 Å². The molecule has 0 spiro atoms. The van der Waals surface area contributed by atoms with Crippen LogP contribution in [0.25, 0.3) is 0 Å². The predicted octanol–water partition coefficient (Wildman–Crippen LogP) is 2.71. The second-order valence-corrected chi connectivity index (χ2v) is 5.23. The molecule has 1 heterocycles. The van der Waals surface area contributed by atoms with Gasteiger partial charge in [0.25, 0.3) is 0 Å². The fourth-order valence-electron chi connectivity index (χ4n) is 1.76. The van der Waals surface area contributed by atoms with E-state index in [2.05, 4.69) is 30.4 Å². The lowest BCUT2D eigenvalue weighted by Gasteiger charge is -2.23. The summed E-state index contributed by atoms with van der Waals surface area (Å²) in [6, 6.07) is 2.19. The van der Waals surface area contributed by atoms with E-state index < -0.39 is 0 Å². The maximum Gasteiger partial charge on any atom is 0.138 e. The Kier molecular flexibility index (Phi) is 4.71. The highest BCUT2D eigenvalue weighted by atomic mass is 16.5. The fraction of sp³-hybridized carbons (Fsp3) is 0.692. The van der Waals surface area contributed by atoms with Crippen molar-refractivity contribution in [2.45, 2.75) is 47.1 Å². The minimum absolute atomic E-state index is 0.148. The van der Waals surface area contributed by atoms with Crippen molar-refractivity contribution < 1.29 is 4.52 Å². The first kappa shape index (κ1) is 13.7. The van der Waals surface area contributed by atoms with Crippen molar-refractivity contribution in [2.24, 2.45) is 5.41 Å².